The minimum Gasteiger partial charge on any atom is -0.469 e. The zero-order valence-electron chi connectivity index (χ0n) is 12.5. The predicted octanol–water partition coefficient (Wildman–Crippen LogP) is 0.0606. The van der Waals surface area contributed by atoms with Crippen LogP contribution in [0.1, 0.15) is 18.4 Å². The van der Waals surface area contributed by atoms with Gasteiger partial charge in [-0.25, -0.2) is 0 Å². The van der Waals surface area contributed by atoms with Gasteiger partial charge in [-0.1, -0.05) is 12.1 Å². The van der Waals surface area contributed by atoms with Crippen molar-refractivity contribution in [1.82, 2.24) is 5.32 Å². The van der Waals surface area contributed by atoms with Crippen LogP contribution in [0.25, 0.3) is 0 Å². The van der Waals surface area contributed by atoms with Gasteiger partial charge in [-0.15, -0.1) is 0 Å². The molecule has 124 valence electrons. The minimum absolute atomic E-state index is 0.0166. The average molecular weight is 323 g/mol. The van der Waals surface area contributed by atoms with Gasteiger partial charge in [0.15, 0.2) is 0 Å². The first kappa shape index (κ1) is 18.1. The Morgan fingerprint density at radius 2 is 2.09 bits per heavy atom. The largest absolute Gasteiger partial charge is 0.469 e. The van der Waals surface area contributed by atoms with Gasteiger partial charge in [-0.05, 0) is 12.0 Å². The van der Waals surface area contributed by atoms with Crippen LogP contribution in [0.2, 0.25) is 0 Å². The monoisotopic (exact) mass is 323 g/mol. The lowest BCUT2D eigenvalue weighted by molar-refractivity contribution is -0.384. The van der Waals surface area contributed by atoms with Crippen molar-refractivity contribution >= 4 is 23.5 Å². The number of nitrogens with one attached hydrogen (secondary N) is 1. The summed E-state index contributed by atoms with van der Waals surface area (Å²) in [6, 6.07) is 4.58. The molecule has 9 heteroatoms. The molecular formula is C14H17N3O6. The fraction of sp³-hybridized carbons (Fsp3) is 0.357. The molecule has 0 bridgehead atoms. The Bertz CT molecular complexity index is 616. The zero-order chi connectivity index (χ0) is 17.4. The van der Waals surface area contributed by atoms with Crippen LogP contribution in [0, 0.1) is 10.1 Å². The van der Waals surface area contributed by atoms with E-state index in [1.807, 2.05) is 0 Å². The number of nitro benzene ring substituents is 1. The number of hydrogen-bond acceptors (Lipinski definition) is 6. The highest BCUT2D eigenvalue weighted by molar-refractivity contribution is 5.87. The second-order valence-electron chi connectivity index (χ2n) is 4.74. The SMILES string of the molecule is COC(=O)CC[C@H](NC(=O)Cc1cccc([N+](=O)[O-])c1)C(N)=O. The quantitative estimate of drug-likeness (QED) is 0.393. The lowest BCUT2D eigenvalue weighted by Gasteiger charge is -2.14. The third-order valence-electron chi connectivity index (χ3n) is 3.03. The number of amides is 2. The number of non-ortho nitro benzene ring substituents is 1. The maximum Gasteiger partial charge on any atom is 0.305 e. The topological polar surface area (TPSA) is 142 Å². The number of rotatable bonds is 8. The van der Waals surface area contributed by atoms with E-state index in [2.05, 4.69) is 10.1 Å². The molecule has 0 fully saturated rings. The molecule has 1 aromatic carbocycles. The van der Waals surface area contributed by atoms with Gasteiger partial charge in [0, 0.05) is 18.6 Å². The molecule has 0 aromatic heterocycles. The maximum atomic E-state index is 11.9. The van der Waals surface area contributed by atoms with Gasteiger partial charge in [0.25, 0.3) is 5.69 Å². The number of hydrogen-bond donors (Lipinski definition) is 2. The van der Waals surface area contributed by atoms with E-state index in [1.54, 1.807) is 6.07 Å². The fourth-order valence-electron chi connectivity index (χ4n) is 1.86. The summed E-state index contributed by atoms with van der Waals surface area (Å²) in [5, 5.41) is 13.1. The Balaban J connectivity index is 2.65. The molecule has 1 atom stereocenters. The Kier molecular flexibility index (Phi) is 6.66. The van der Waals surface area contributed by atoms with Crippen molar-refractivity contribution in [2.75, 3.05) is 7.11 Å². The van der Waals surface area contributed by atoms with Gasteiger partial charge in [0.2, 0.25) is 11.8 Å². The molecule has 0 saturated heterocycles. The Labute approximate surface area is 131 Å². The van der Waals surface area contributed by atoms with Crippen molar-refractivity contribution in [1.29, 1.82) is 0 Å². The lowest BCUT2D eigenvalue weighted by Crippen LogP contribution is -2.45. The van der Waals surface area contributed by atoms with Gasteiger partial charge >= 0.3 is 5.97 Å². The molecule has 3 N–H and O–H groups in total. The number of carbonyl (C=O) groups is 3. The van der Waals surface area contributed by atoms with Crippen molar-refractivity contribution < 1.29 is 24.0 Å². The van der Waals surface area contributed by atoms with E-state index in [-0.39, 0.29) is 24.9 Å². The number of nitrogens with zero attached hydrogens (tertiary/aromatic N) is 1. The van der Waals surface area contributed by atoms with Crippen LogP contribution in [0.15, 0.2) is 24.3 Å². The molecule has 0 saturated carbocycles. The number of benzene rings is 1. The number of carbonyl (C=O) groups excluding carboxylic acids is 3. The van der Waals surface area contributed by atoms with Gasteiger partial charge in [0.05, 0.1) is 18.5 Å². The zero-order valence-corrected chi connectivity index (χ0v) is 12.5. The van der Waals surface area contributed by atoms with Crippen LogP contribution < -0.4 is 11.1 Å². The van der Waals surface area contributed by atoms with Crippen LogP contribution >= 0.6 is 0 Å². The highest BCUT2D eigenvalue weighted by atomic mass is 16.6. The first-order valence-corrected chi connectivity index (χ1v) is 6.72. The van der Waals surface area contributed by atoms with E-state index in [0.717, 1.165) is 0 Å². The normalized spacial score (nSPS) is 11.3. The van der Waals surface area contributed by atoms with E-state index in [4.69, 9.17) is 5.73 Å². The number of primary amides is 1. The highest BCUT2D eigenvalue weighted by Crippen LogP contribution is 2.13. The number of nitro groups is 1. The minimum atomic E-state index is -1.01. The maximum absolute atomic E-state index is 11.9. The molecule has 23 heavy (non-hydrogen) atoms. The average Bonchev–Trinajstić information content (AvgIpc) is 2.50. The third-order valence-corrected chi connectivity index (χ3v) is 3.03. The molecule has 2 amide bonds. The lowest BCUT2D eigenvalue weighted by atomic mass is 10.1. The summed E-state index contributed by atoms with van der Waals surface area (Å²) in [5.74, 6) is -1.83. The number of methoxy groups -OCH3 is 1. The molecule has 1 rings (SSSR count). The van der Waals surface area contributed by atoms with Gasteiger partial charge < -0.3 is 15.8 Å². The molecule has 0 aliphatic rings. The van der Waals surface area contributed by atoms with Crippen molar-refractivity contribution in [2.45, 2.75) is 25.3 Å². The number of esters is 1. The van der Waals surface area contributed by atoms with E-state index in [9.17, 15) is 24.5 Å². The predicted molar refractivity (Wildman–Crippen MR) is 79.2 cm³/mol. The standard InChI is InChI=1S/C14H17N3O6/c1-23-13(19)6-5-11(14(15)20)16-12(18)8-9-3-2-4-10(7-9)17(21)22/h2-4,7,11H,5-6,8H2,1H3,(H2,15,20)(H,16,18)/t11-/m0/s1. The smallest absolute Gasteiger partial charge is 0.305 e. The summed E-state index contributed by atoms with van der Waals surface area (Å²) in [5.41, 5.74) is 5.47. The molecule has 0 aliphatic heterocycles. The molecule has 1 aromatic rings. The summed E-state index contributed by atoms with van der Waals surface area (Å²) < 4.78 is 4.45. The second kappa shape index (κ2) is 8.47. The van der Waals surface area contributed by atoms with E-state index in [1.165, 1.54) is 25.3 Å². The molecule has 0 unspecified atom stereocenters. The third kappa shape index (κ3) is 6.12. The van der Waals surface area contributed by atoms with Crippen LogP contribution in [0.4, 0.5) is 5.69 Å². The summed E-state index contributed by atoms with van der Waals surface area (Å²) in [6.45, 7) is 0. The van der Waals surface area contributed by atoms with Gasteiger partial charge in [-0.3, -0.25) is 24.5 Å². The summed E-state index contributed by atoms with van der Waals surface area (Å²) in [6.07, 6.45) is -0.201. The summed E-state index contributed by atoms with van der Waals surface area (Å²) in [7, 11) is 1.21. The highest BCUT2D eigenvalue weighted by Gasteiger charge is 2.20. The van der Waals surface area contributed by atoms with E-state index < -0.39 is 28.7 Å². The van der Waals surface area contributed by atoms with Crippen LogP contribution in [-0.4, -0.2) is 35.9 Å². The van der Waals surface area contributed by atoms with Crippen molar-refractivity contribution in [2.24, 2.45) is 5.73 Å². The van der Waals surface area contributed by atoms with Gasteiger partial charge in [-0.2, -0.15) is 0 Å². The molecule has 0 radical (unpaired) electrons. The Morgan fingerprint density at radius 1 is 1.39 bits per heavy atom. The van der Waals surface area contributed by atoms with Crippen LogP contribution in [0.3, 0.4) is 0 Å². The number of nitrogens with two attached hydrogens (primary N) is 1. The summed E-state index contributed by atoms with van der Waals surface area (Å²) >= 11 is 0. The van der Waals surface area contributed by atoms with Gasteiger partial charge in [0.1, 0.15) is 6.04 Å². The Hall–Kier alpha value is -2.97. The van der Waals surface area contributed by atoms with Crippen LogP contribution in [0.5, 0.6) is 0 Å². The van der Waals surface area contributed by atoms with Crippen molar-refractivity contribution in [3.8, 4) is 0 Å². The summed E-state index contributed by atoms with van der Waals surface area (Å²) in [4.78, 5) is 44.4. The first-order chi connectivity index (χ1) is 10.8. The molecule has 0 spiro atoms. The molecular weight excluding hydrogens is 306 g/mol. The first-order valence-electron chi connectivity index (χ1n) is 6.72. The van der Waals surface area contributed by atoms with E-state index in [0.29, 0.717) is 5.56 Å². The van der Waals surface area contributed by atoms with Crippen LogP contribution in [-0.2, 0) is 25.5 Å². The molecule has 0 aliphatic carbocycles. The number of ether oxygens (including phenoxy) is 1. The fourth-order valence-corrected chi connectivity index (χ4v) is 1.86. The second-order valence-corrected chi connectivity index (χ2v) is 4.74. The molecule has 0 heterocycles. The molecule has 9 nitrogen and oxygen atoms in total. The van der Waals surface area contributed by atoms with E-state index >= 15 is 0 Å². The van der Waals surface area contributed by atoms with Crippen molar-refractivity contribution in [3.05, 3.63) is 39.9 Å². The Morgan fingerprint density at radius 3 is 2.65 bits per heavy atom. The van der Waals surface area contributed by atoms with Crippen molar-refractivity contribution in [3.63, 3.8) is 0 Å².